The van der Waals surface area contributed by atoms with Crippen molar-refractivity contribution in [2.24, 2.45) is 5.41 Å². The zero-order valence-electron chi connectivity index (χ0n) is 12.8. The van der Waals surface area contributed by atoms with Gasteiger partial charge >= 0.3 is 12.1 Å². The van der Waals surface area contributed by atoms with Crippen LogP contribution in [-0.4, -0.2) is 29.2 Å². The van der Waals surface area contributed by atoms with Crippen molar-refractivity contribution in [1.82, 2.24) is 4.90 Å². The number of esters is 1. The molecule has 0 spiro atoms. The van der Waals surface area contributed by atoms with Crippen molar-refractivity contribution in [2.75, 3.05) is 0 Å². The summed E-state index contributed by atoms with van der Waals surface area (Å²) in [6.45, 7) is 7.58. The molecule has 2 rings (SSSR count). The monoisotopic (exact) mass is 291 g/mol. The lowest BCUT2D eigenvalue weighted by atomic mass is 9.93. The molecule has 114 valence electrons. The van der Waals surface area contributed by atoms with Crippen molar-refractivity contribution in [1.29, 1.82) is 0 Å². The number of ether oxygens (including phenoxy) is 2. The van der Waals surface area contributed by atoms with Crippen LogP contribution >= 0.6 is 0 Å². The van der Waals surface area contributed by atoms with Crippen molar-refractivity contribution < 1.29 is 19.1 Å². The topological polar surface area (TPSA) is 55.8 Å². The van der Waals surface area contributed by atoms with Crippen LogP contribution in [0.4, 0.5) is 4.79 Å². The fourth-order valence-electron chi connectivity index (χ4n) is 2.22. The number of hydrogen-bond donors (Lipinski definition) is 0. The first-order valence-corrected chi connectivity index (χ1v) is 7.00. The third kappa shape index (κ3) is 3.35. The average Bonchev–Trinajstić information content (AvgIpc) is 2.74. The Labute approximate surface area is 124 Å². The maximum absolute atomic E-state index is 12.3. The van der Waals surface area contributed by atoms with Gasteiger partial charge in [0, 0.05) is 5.41 Å². The van der Waals surface area contributed by atoms with E-state index in [0.717, 1.165) is 5.56 Å². The highest BCUT2D eigenvalue weighted by Gasteiger charge is 2.48. The molecule has 2 atom stereocenters. The third-order valence-corrected chi connectivity index (χ3v) is 3.40. The van der Waals surface area contributed by atoms with Crippen LogP contribution < -0.4 is 0 Å². The van der Waals surface area contributed by atoms with Crippen LogP contribution in [-0.2, 0) is 20.9 Å². The molecule has 0 N–H and O–H groups in total. The van der Waals surface area contributed by atoms with E-state index in [1.54, 1.807) is 6.92 Å². The van der Waals surface area contributed by atoms with Gasteiger partial charge in [0.2, 0.25) is 0 Å². The number of rotatable bonds is 2. The van der Waals surface area contributed by atoms with Gasteiger partial charge < -0.3 is 9.47 Å². The van der Waals surface area contributed by atoms with Gasteiger partial charge in [0.05, 0.1) is 0 Å². The van der Waals surface area contributed by atoms with E-state index in [9.17, 15) is 9.59 Å². The van der Waals surface area contributed by atoms with E-state index in [0.29, 0.717) is 0 Å². The van der Waals surface area contributed by atoms with E-state index in [-0.39, 0.29) is 12.0 Å². The Morgan fingerprint density at radius 1 is 1.29 bits per heavy atom. The Balaban J connectivity index is 2.07. The van der Waals surface area contributed by atoms with E-state index in [1.807, 2.05) is 51.1 Å². The summed E-state index contributed by atoms with van der Waals surface area (Å²) < 4.78 is 10.6. The summed E-state index contributed by atoms with van der Waals surface area (Å²) >= 11 is 0. The van der Waals surface area contributed by atoms with Crippen molar-refractivity contribution in [3.05, 3.63) is 35.9 Å². The summed E-state index contributed by atoms with van der Waals surface area (Å²) in [7, 11) is 0. The van der Waals surface area contributed by atoms with E-state index in [1.165, 1.54) is 4.90 Å². The van der Waals surface area contributed by atoms with Gasteiger partial charge in [-0.15, -0.1) is 0 Å². The second-order valence-electron chi connectivity index (χ2n) is 6.28. The highest BCUT2D eigenvalue weighted by Crippen LogP contribution is 2.32. The van der Waals surface area contributed by atoms with Crippen LogP contribution in [0.15, 0.2) is 30.3 Å². The Morgan fingerprint density at radius 2 is 1.90 bits per heavy atom. The number of hydrogen-bond acceptors (Lipinski definition) is 4. The lowest BCUT2D eigenvalue weighted by molar-refractivity contribution is -0.147. The lowest BCUT2D eigenvalue weighted by Gasteiger charge is -2.32. The normalized spacial score (nSPS) is 22.1. The molecule has 0 aromatic heterocycles. The van der Waals surface area contributed by atoms with Gasteiger partial charge in [-0.3, -0.25) is 4.90 Å². The molecule has 5 heteroatoms. The summed E-state index contributed by atoms with van der Waals surface area (Å²) in [5.41, 5.74) is 0.531. The maximum atomic E-state index is 12.3. The second kappa shape index (κ2) is 5.76. The standard InChI is InChI=1S/C16H21NO4/c1-11-13(18)21-14(16(2,3)4)17(11)15(19)20-10-12-8-6-5-7-9-12/h5-9,11,14H,10H2,1-4H3/t11-,14-/m0/s1. The zero-order chi connectivity index (χ0) is 15.6. The Bertz CT molecular complexity index is 521. The van der Waals surface area contributed by atoms with Crippen molar-refractivity contribution in [3.8, 4) is 0 Å². The Kier molecular flexibility index (Phi) is 4.21. The number of nitrogens with zero attached hydrogens (tertiary/aromatic N) is 1. The second-order valence-corrected chi connectivity index (χ2v) is 6.28. The minimum absolute atomic E-state index is 0.175. The smallest absolute Gasteiger partial charge is 0.413 e. The van der Waals surface area contributed by atoms with Gasteiger partial charge in [-0.25, -0.2) is 9.59 Å². The average molecular weight is 291 g/mol. The summed E-state index contributed by atoms with van der Waals surface area (Å²) in [5, 5.41) is 0. The molecular formula is C16H21NO4. The quantitative estimate of drug-likeness (QED) is 0.786. The van der Waals surface area contributed by atoms with Crippen LogP contribution in [0.25, 0.3) is 0 Å². The van der Waals surface area contributed by atoms with Crippen molar-refractivity contribution in [3.63, 3.8) is 0 Å². The number of amides is 1. The molecule has 1 aromatic carbocycles. The van der Waals surface area contributed by atoms with Gasteiger partial charge in [-0.05, 0) is 12.5 Å². The molecule has 0 unspecified atom stereocenters. The molecule has 1 fully saturated rings. The molecule has 0 saturated carbocycles. The van der Waals surface area contributed by atoms with Crippen LogP contribution in [0.2, 0.25) is 0 Å². The molecule has 0 aliphatic carbocycles. The minimum atomic E-state index is -0.627. The first-order valence-electron chi connectivity index (χ1n) is 7.00. The summed E-state index contributed by atoms with van der Waals surface area (Å²) in [4.78, 5) is 25.4. The highest BCUT2D eigenvalue weighted by molar-refractivity contribution is 5.84. The fraction of sp³-hybridized carbons (Fsp3) is 0.500. The first kappa shape index (κ1) is 15.4. The molecular weight excluding hydrogens is 270 g/mol. The van der Waals surface area contributed by atoms with Crippen LogP contribution in [0.5, 0.6) is 0 Å². The molecule has 5 nitrogen and oxygen atoms in total. The fourth-order valence-corrected chi connectivity index (χ4v) is 2.22. The molecule has 1 heterocycles. The molecule has 1 aliphatic rings. The van der Waals surface area contributed by atoms with Gasteiger partial charge in [-0.1, -0.05) is 51.1 Å². The maximum Gasteiger partial charge on any atom is 0.413 e. The Morgan fingerprint density at radius 3 is 2.48 bits per heavy atom. The molecule has 1 aliphatic heterocycles. The van der Waals surface area contributed by atoms with Crippen LogP contribution in [0.1, 0.15) is 33.3 Å². The Hall–Kier alpha value is -2.04. The lowest BCUT2D eigenvalue weighted by Crippen LogP contribution is -2.47. The van der Waals surface area contributed by atoms with E-state index in [2.05, 4.69) is 0 Å². The number of benzene rings is 1. The molecule has 1 saturated heterocycles. The largest absolute Gasteiger partial charge is 0.444 e. The van der Waals surface area contributed by atoms with E-state index < -0.39 is 24.3 Å². The summed E-state index contributed by atoms with van der Waals surface area (Å²) in [5.74, 6) is -0.397. The van der Waals surface area contributed by atoms with Crippen LogP contribution in [0.3, 0.4) is 0 Å². The number of carbonyl (C=O) groups excluding carboxylic acids is 2. The molecule has 1 aromatic rings. The molecule has 1 amide bonds. The number of carbonyl (C=O) groups is 2. The van der Waals surface area contributed by atoms with Gasteiger partial charge in [0.15, 0.2) is 6.23 Å². The predicted octanol–water partition coefficient (Wildman–Crippen LogP) is 2.94. The van der Waals surface area contributed by atoms with E-state index in [4.69, 9.17) is 9.47 Å². The van der Waals surface area contributed by atoms with Crippen molar-refractivity contribution >= 4 is 12.1 Å². The van der Waals surface area contributed by atoms with Gasteiger partial charge in [-0.2, -0.15) is 0 Å². The summed E-state index contributed by atoms with van der Waals surface area (Å²) in [6, 6.07) is 8.79. The third-order valence-electron chi connectivity index (χ3n) is 3.40. The van der Waals surface area contributed by atoms with Gasteiger partial charge in [0.25, 0.3) is 0 Å². The van der Waals surface area contributed by atoms with Gasteiger partial charge in [0.1, 0.15) is 12.6 Å². The number of cyclic esters (lactones) is 1. The van der Waals surface area contributed by atoms with E-state index >= 15 is 0 Å². The van der Waals surface area contributed by atoms with Crippen molar-refractivity contribution in [2.45, 2.75) is 46.6 Å². The zero-order valence-corrected chi connectivity index (χ0v) is 12.8. The van der Waals surface area contributed by atoms with Crippen LogP contribution in [0, 0.1) is 5.41 Å². The molecule has 0 bridgehead atoms. The molecule has 0 radical (unpaired) electrons. The molecule has 21 heavy (non-hydrogen) atoms. The summed E-state index contributed by atoms with van der Waals surface area (Å²) in [6.07, 6.45) is -1.14. The first-order chi connectivity index (χ1) is 9.80. The highest BCUT2D eigenvalue weighted by atomic mass is 16.6. The SMILES string of the molecule is C[C@H]1C(=O)O[C@@H](C(C)(C)C)N1C(=O)OCc1ccccc1. The predicted molar refractivity (Wildman–Crippen MR) is 77.3 cm³/mol. The minimum Gasteiger partial charge on any atom is -0.444 e.